The molecule has 2 rings (SSSR count). The minimum atomic E-state index is -0.00305. The van der Waals surface area contributed by atoms with Gasteiger partial charge in [0.1, 0.15) is 0 Å². The molecular weight excluding hydrogens is 236 g/mol. The summed E-state index contributed by atoms with van der Waals surface area (Å²) < 4.78 is 0. The average Bonchev–Trinajstić information content (AvgIpc) is 2.74. The zero-order valence-electron chi connectivity index (χ0n) is 11.9. The molecule has 0 aliphatic carbocycles. The van der Waals surface area contributed by atoms with Gasteiger partial charge in [-0.15, -0.1) is 0 Å². The van der Waals surface area contributed by atoms with Crippen molar-refractivity contribution in [1.29, 1.82) is 0 Å². The molecule has 1 aliphatic rings. The minimum absolute atomic E-state index is 0.00305. The van der Waals surface area contributed by atoms with Gasteiger partial charge in [-0.2, -0.15) is 0 Å². The van der Waals surface area contributed by atoms with Crippen molar-refractivity contribution in [2.24, 2.45) is 0 Å². The number of rotatable bonds is 6. The number of nitrogens with one attached hydrogen (secondary N) is 1. The summed E-state index contributed by atoms with van der Waals surface area (Å²) >= 11 is 0. The Balaban J connectivity index is 1.92. The van der Waals surface area contributed by atoms with Gasteiger partial charge < -0.3 is 4.90 Å². The van der Waals surface area contributed by atoms with Gasteiger partial charge in [0.15, 0.2) is 0 Å². The third kappa shape index (κ3) is 3.35. The smallest absolute Gasteiger partial charge is 0.241 e. The first kappa shape index (κ1) is 14.1. The summed E-state index contributed by atoms with van der Waals surface area (Å²) in [6, 6.07) is 10.4. The Hall–Kier alpha value is -1.35. The molecule has 0 radical (unpaired) electrons. The predicted octanol–water partition coefficient (Wildman–Crippen LogP) is 2.57. The van der Waals surface area contributed by atoms with Gasteiger partial charge >= 0.3 is 0 Å². The van der Waals surface area contributed by atoms with Crippen LogP contribution >= 0.6 is 0 Å². The SMILES string of the molecule is CCCC1NC(CCc2ccccc2)C(=O)N1CC. The molecule has 2 unspecified atom stereocenters. The van der Waals surface area contributed by atoms with Crippen molar-refractivity contribution in [1.82, 2.24) is 10.2 Å². The number of carbonyl (C=O) groups excluding carboxylic acids is 1. The number of hydrogen-bond acceptors (Lipinski definition) is 2. The van der Waals surface area contributed by atoms with Crippen LogP contribution in [0.4, 0.5) is 0 Å². The first-order chi connectivity index (χ1) is 9.26. The van der Waals surface area contributed by atoms with Crippen LogP contribution in [0.2, 0.25) is 0 Å². The quantitative estimate of drug-likeness (QED) is 0.852. The number of aryl methyl sites for hydroxylation is 1. The van der Waals surface area contributed by atoms with Gasteiger partial charge in [0.25, 0.3) is 0 Å². The molecule has 1 aliphatic heterocycles. The molecule has 1 fully saturated rings. The normalized spacial score (nSPS) is 23.1. The van der Waals surface area contributed by atoms with E-state index in [0.29, 0.717) is 0 Å². The molecule has 3 heteroatoms. The summed E-state index contributed by atoms with van der Waals surface area (Å²) in [4.78, 5) is 14.3. The largest absolute Gasteiger partial charge is 0.326 e. The van der Waals surface area contributed by atoms with Crippen LogP contribution in [0.1, 0.15) is 38.7 Å². The van der Waals surface area contributed by atoms with Gasteiger partial charge in [-0.1, -0.05) is 43.7 Å². The lowest BCUT2D eigenvalue weighted by molar-refractivity contribution is -0.130. The predicted molar refractivity (Wildman–Crippen MR) is 77.8 cm³/mol. The second kappa shape index (κ2) is 6.71. The van der Waals surface area contributed by atoms with Crippen molar-refractivity contribution >= 4 is 5.91 Å². The Bertz CT molecular complexity index is 404. The Labute approximate surface area is 116 Å². The van der Waals surface area contributed by atoms with Gasteiger partial charge in [0, 0.05) is 6.54 Å². The van der Waals surface area contributed by atoms with Crippen LogP contribution in [-0.2, 0) is 11.2 Å². The number of hydrogen-bond donors (Lipinski definition) is 1. The first-order valence-corrected chi connectivity index (χ1v) is 7.36. The molecule has 1 aromatic rings. The lowest BCUT2D eigenvalue weighted by Crippen LogP contribution is -2.36. The second-order valence-electron chi connectivity index (χ2n) is 5.17. The van der Waals surface area contributed by atoms with E-state index >= 15 is 0 Å². The maximum absolute atomic E-state index is 12.3. The lowest BCUT2D eigenvalue weighted by Gasteiger charge is -2.21. The molecular formula is C16H24N2O. The summed E-state index contributed by atoms with van der Waals surface area (Å²) in [5.74, 6) is 0.275. The van der Waals surface area contributed by atoms with Gasteiger partial charge in [-0.3, -0.25) is 10.1 Å². The number of carbonyl (C=O) groups is 1. The summed E-state index contributed by atoms with van der Waals surface area (Å²) in [6.45, 7) is 5.03. The van der Waals surface area contributed by atoms with E-state index < -0.39 is 0 Å². The van der Waals surface area contributed by atoms with E-state index in [-0.39, 0.29) is 18.1 Å². The highest BCUT2D eigenvalue weighted by atomic mass is 16.2. The van der Waals surface area contributed by atoms with Crippen molar-refractivity contribution in [2.45, 2.75) is 51.7 Å². The van der Waals surface area contributed by atoms with Crippen molar-refractivity contribution in [3.05, 3.63) is 35.9 Å². The maximum atomic E-state index is 12.3. The van der Waals surface area contributed by atoms with E-state index in [1.807, 2.05) is 11.0 Å². The Kier molecular flexibility index (Phi) is 4.97. The molecule has 1 saturated heterocycles. The molecule has 19 heavy (non-hydrogen) atoms. The van der Waals surface area contributed by atoms with Crippen LogP contribution in [0.5, 0.6) is 0 Å². The van der Waals surface area contributed by atoms with Gasteiger partial charge in [-0.05, 0) is 31.7 Å². The van der Waals surface area contributed by atoms with E-state index in [2.05, 4.69) is 43.4 Å². The molecule has 0 aromatic heterocycles. The van der Waals surface area contributed by atoms with E-state index in [0.717, 1.165) is 32.2 Å². The number of amides is 1. The molecule has 0 bridgehead atoms. The second-order valence-corrected chi connectivity index (χ2v) is 5.17. The van der Waals surface area contributed by atoms with E-state index in [4.69, 9.17) is 0 Å². The molecule has 1 aromatic carbocycles. The Morgan fingerprint density at radius 3 is 2.53 bits per heavy atom. The fourth-order valence-electron chi connectivity index (χ4n) is 2.80. The molecule has 1 N–H and O–H groups in total. The maximum Gasteiger partial charge on any atom is 0.241 e. The van der Waals surface area contributed by atoms with Crippen molar-refractivity contribution in [3.63, 3.8) is 0 Å². The zero-order chi connectivity index (χ0) is 13.7. The van der Waals surface area contributed by atoms with E-state index in [9.17, 15) is 4.79 Å². The van der Waals surface area contributed by atoms with Gasteiger partial charge in [0.05, 0.1) is 12.2 Å². The van der Waals surface area contributed by atoms with E-state index in [1.54, 1.807) is 0 Å². The summed E-state index contributed by atoms with van der Waals surface area (Å²) in [7, 11) is 0. The molecule has 0 saturated carbocycles. The molecule has 1 heterocycles. The minimum Gasteiger partial charge on any atom is -0.326 e. The highest BCUT2D eigenvalue weighted by Crippen LogP contribution is 2.18. The van der Waals surface area contributed by atoms with Crippen LogP contribution in [0.3, 0.4) is 0 Å². The van der Waals surface area contributed by atoms with Crippen LogP contribution in [-0.4, -0.2) is 29.6 Å². The van der Waals surface area contributed by atoms with Gasteiger partial charge in [0.2, 0.25) is 5.91 Å². The van der Waals surface area contributed by atoms with Crippen LogP contribution in [0.25, 0.3) is 0 Å². The summed E-state index contributed by atoms with van der Waals surface area (Å²) in [6.07, 6.45) is 4.23. The highest BCUT2D eigenvalue weighted by Gasteiger charge is 2.36. The summed E-state index contributed by atoms with van der Waals surface area (Å²) in [5.41, 5.74) is 1.30. The molecule has 0 spiro atoms. The number of benzene rings is 1. The topological polar surface area (TPSA) is 32.3 Å². The summed E-state index contributed by atoms with van der Waals surface area (Å²) in [5, 5.41) is 3.49. The van der Waals surface area contributed by atoms with E-state index in [1.165, 1.54) is 5.56 Å². The number of nitrogens with zero attached hydrogens (tertiary/aromatic N) is 1. The molecule has 1 amide bonds. The third-order valence-corrected chi connectivity index (χ3v) is 3.82. The number of likely N-dealkylation sites (N-methyl/N-ethyl adjacent to an activating group) is 1. The molecule has 3 nitrogen and oxygen atoms in total. The Morgan fingerprint density at radius 1 is 1.16 bits per heavy atom. The van der Waals surface area contributed by atoms with Crippen molar-refractivity contribution in [2.75, 3.05) is 6.54 Å². The Morgan fingerprint density at radius 2 is 1.89 bits per heavy atom. The zero-order valence-corrected chi connectivity index (χ0v) is 11.9. The van der Waals surface area contributed by atoms with Crippen molar-refractivity contribution < 1.29 is 4.79 Å². The fraction of sp³-hybridized carbons (Fsp3) is 0.562. The van der Waals surface area contributed by atoms with Crippen molar-refractivity contribution in [3.8, 4) is 0 Å². The highest BCUT2D eigenvalue weighted by molar-refractivity contribution is 5.84. The first-order valence-electron chi connectivity index (χ1n) is 7.36. The monoisotopic (exact) mass is 260 g/mol. The van der Waals surface area contributed by atoms with Crippen LogP contribution in [0, 0.1) is 0 Å². The molecule has 104 valence electrons. The lowest BCUT2D eigenvalue weighted by atomic mass is 10.1. The third-order valence-electron chi connectivity index (χ3n) is 3.82. The van der Waals surface area contributed by atoms with Gasteiger partial charge in [-0.25, -0.2) is 0 Å². The van der Waals surface area contributed by atoms with Crippen LogP contribution in [0.15, 0.2) is 30.3 Å². The average molecular weight is 260 g/mol. The van der Waals surface area contributed by atoms with Crippen LogP contribution < -0.4 is 5.32 Å². The standard InChI is InChI=1S/C16H24N2O/c1-3-8-15-17-14(16(19)18(15)4-2)12-11-13-9-6-5-7-10-13/h5-7,9-10,14-15,17H,3-4,8,11-12H2,1-2H3. The molecule has 2 atom stereocenters. The fourth-order valence-corrected chi connectivity index (χ4v) is 2.80.